The van der Waals surface area contributed by atoms with Crippen LogP contribution in [-0.4, -0.2) is 50.9 Å². The number of ether oxygens (including phenoxy) is 1. The molecule has 1 atom stereocenters. The number of piperidine rings is 1. The lowest BCUT2D eigenvalue weighted by Crippen LogP contribution is -2.40. The molecule has 2 N–H and O–H groups in total. The van der Waals surface area contributed by atoms with Gasteiger partial charge < -0.3 is 24.1 Å². The minimum Gasteiger partial charge on any atom is -0.494 e. The van der Waals surface area contributed by atoms with E-state index in [1.807, 2.05) is 0 Å². The van der Waals surface area contributed by atoms with E-state index in [0.29, 0.717) is 40.8 Å². The first kappa shape index (κ1) is 25.5. The molecular weight excluding hydrogens is 531 g/mol. The number of carbonyl (C=O) groups is 1. The van der Waals surface area contributed by atoms with Gasteiger partial charge in [-0.15, -0.1) is 0 Å². The molecule has 5 aromatic rings. The van der Waals surface area contributed by atoms with Crippen molar-refractivity contribution < 1.29 is 32.2 Å². The van der Waals surface area contributed by atoms with Gasteiger partial charge in [-0.25, -0.2) is 4.98 Å². The van der Waals surface area contributed by atoms with Gasteiger partial charge in [0.05, 0.1) is 18.6 Å². The molecule has 0 saturated carbocycles. The van der Waals surface area contributed by atoms with Gasteiger partial charge in [-0.05, 0) is 30.5 Å². The van der Waals surface area contributed by atoms with Crippen molar-refractivity contribution in [3.8, 4) is 28.3 Å². The van der Waals surface area contributed by atoms with Crippen molar-refractivity contribution in [3.63, 3.8) is 0 Å². The number of H-pyrrole nitrogens is 1. The molecule has 1 unspecified atom stereocenters. The number of benzene rings is 2. The molecule has 13 heteroatoms. The first-order valence-corrected chi connectivity index (χ1v) is 12.4. The first-order chi connectivity index (χ1) is 19.2. The molecule has 2 aromatic carbocycles. The standard InChI is InChI=1S/C27H22F3N5O5/c1-39-16-10-5-11-17-20(16)31-24(40-17)19-22(34-12-6-9-15(13-34)26(37)38)32-23-18(14-7-3-2-4-8-14)21(27(28,29)30)33-35(23)25(19)36/h2-5,7-8,10-11,15,32H,6,9,12-13H2,1H3,(H,37,38). The largest absolute Gasteiger partial charge is 0.494 e. The number of halogens is 3. The minimum absolute atomic E-state index is 0.0267. The van der Waals surface area contributed by atoms with Gasteiger partial charge in [0.1, 0.15) is 22.8 Å². The van der Waals surface area contributed by atoms with Gasteiger partial charge in [0, 0.05) is 13.1 Å². The highest BCUT2D eigenvalue weighted by molar-refractivity contribution is 5.86. The first-order valence-electron chi connectivity index (χ1n) is 12.4. The van der Waals surface area contributed by atoms with Gasteiger partial charge >= 0.3 is 12.1 Å². The number of oxazole rings is 1. The fraction of sp³-hybridized carbons (Fsp3) is 0.259. The summed E-state index contributed by atoms with van der Waals surface area (Å²) < 4.78 is 54.6. The Labute approximate surface area is 223 Å². The number of hydrogen-bond acceptors (Lipinski definition) is 7. The number of methoxy groups -OCH3 is 1. The Morgan fingerprint density at radius 2 is 1.93 bits per heavy atom. The number of nitrogens with one attached hydrogen (secondary N) is 1. The van der Waals surface area contributed by atoms with Crippen molar-refractivity contribution in [1.29, 1.82) is 0 Å². The molecule has 10 nitrogen and oxygen atoms in total. The fourth-order valence-electron chi connectivity index (χ4n) is 5.15. The highest BCUT2D eigenvalue weighted by Gasteiger charge is 2.40. The average molecular weight is 553 g/mol. The summed E-state index contributed by atoms with van der Waals surface area (Å²) in [4.78, 5) is 34.9. The van der Waals surface area contributed by atoms with Crippen LogP contribution >= 0.6 is 0 Å². The monoisotopic (exact) mass is 553 g/mol. The van der Waals surface area contributed by atoms with E-state index in [-0.39, 0.29) is 40.6 Å². The predicted octanol–water partition coefficient (Wildman–Crippen LogP) is 4.83. The fourth-order valence-corrected chi connectivity index (χ4v) is 5.15. The number of carboxylic acid groups (broad SMARTS) is 1. The molecule has 0 radical (unpaired) electrons. The minimum atomic E-state index is -4.87. The zero-order chi connectivity index (χ0) is 28.2. The van der Waals surface area contributed by atoms with E-state index in [4.69, 9.17) is 9.15 Å². The third-order valence-electron chi connectivity index (χ3n) is 7.00. The maximum Gasteiger partial charge on any atom is 0.435 e. The van der Waals surface area contributed by atoms with Gasteiger partial charge in [0.2, 0.25) is 5.89 Å². The Hall–Kier alpha value is -4.81. The van der Waals surface area contributed by atoms with Crippen LogP contribution in [0.15, 0.2) is 57.7 Å². The normalized spacial score (nSPS) is 16.1. The number of anilines is 1. The summed E-state index contributed by atoms with van der Waals surface area (Å²) in [5.41, 5.74) is -1.99. The number of para-hydroxylation sites is 1. The van der Waals surface area contributed by atoms with E-state index in [1.165, 1.54) is 19.2 Å². The quantitative estimate of drug-likeness (QED) is 0.317. The lowest BCUT2D eigenvalue weighted by molar-refractivity contribution is -0.142. The molecule has 40 heavy (non-hydrogen) atoms. The molecular formula is C27H22F3N5O5. The molecule has 206 valence electrons. The number of rotatable bonds is 5. The molecule has 0 aliphatic carbocycles. The summed E-state index contributed by atoms with van der Waals surface area (Å²) in [7, 11) is 1.45. The average Bonchev–Trinajstić information content (AvgIpc) is 3.55. The topological polar surface area (TPSA) is 126 Å². The summed E-state index contributed by atoms with van der Waals surface area (Å²) in [5.74, 6) is -1.44. The Balaban J connectivity index is 1.68. The van der Waals surface area contributed by atoms with E-state index >= 15 is 0 Å². The van der Waals surface area contributed by atoms with Gasteiger partial charge in [0.15, 0.2) is 16.8 Å². The van der Waals surface area contributed by atoms with Gasteiger partial charge in [-0.3, -0.25) is 9.59 Å². The van der Waals surface area contributed by atoms with E-state index < -0.39 is 29.3 Å². The SMILES string of the molecule is COc1cccc2oc(-c3c(N4CCCC(C(=O)O)C4)[nH]c4c(-c5ccccc5)c(C(F)(F)F)nn4c3=O)nc12. The smallest absolute Gasteiger partial charge is 0.435 e. The Bertz CT molecular complexity index is 1810. The summed E-state index contributed by atoms with van der Waals surface area (Å²) in [6, 6.07) is 12.8. The van der Waals surface area contributed by atoms with Crippen LogP contribution in [0.1, 0.15) is 18.5 Å². The second kappa shape index (κ2) is 9.43. The molecule has 0 spiro atoms. The van der Waals surface area contributed by atoms with Crippen LogP contribution in [0.3, 0.4) is 0 Å². The number of fused-ring (bicyclic) bond motifs is 2. The van der Waals surface area contributed by atoms with Gasteiger partial charge in [0.25, 0.3) is 5.56 Å². The second-order valence-corrected chi connectivity index (χ2v) is 9.45. The molecule has 4 heterocycles. The second-order valence-electron chi connectivity index (χ2n) is 9.45. The molecule has 0 amide bonds. The molecule has 3 aromatic heterocycles. The van der Waals surface area contributed by atoms with Crippen LogP contribution in [0.2, 0.25) is 0 Å². The van der Waals surface area contributed by atoms with Crippen molar-refractivity contribution in [2.24, 2.45) is 5.92 Å². The van der Waals surface area contributed by atoms with Crippen molar-refractivity contribution in [2.45, 2.75) is 19.0 Å². The molecule has 6 rings (SSSR count). The van der Waals surface area contributed by atoms with E-state index in [9.17, 15) is 27.9 Å². The molecule has 1 fully saturated rings. The van der Waals surface area contributed by atoms with Crippen molar-refractivity contribution in [1.82, 2.24) is 19.6 Å². The predicted molar refractivity (Wildman–Crippen MR) is 138 cm³/mol. The van der Waals surface area contributed by atoms with Crippen LogP contribution in [0, 0.1) is 5.92 Å². The van der Waals surface area contributed by atoms with Gasteiger partial charge in [-0.2, -0.15) is 22.8 Å². The molecule has 1 aliphatic heterocycles. The highest BCUT2D eigenvalue weighted by atomic mass is 19.4. The number of hydrogen-bond donors (Lipinski definition) is 2. The van der Waals surface area contributed by atoms with Crippen LogP contribution in [0.25, 0.3) is 39.3 Å². The number of nitrogens with zero attached hydrogens (tertiary/aromatic N) is 4. The van der Waals surface area contributed by atoms with E-state index in [1.54, 1.807) is 41.3 Å². The zero-order valence-corrected chi connectivity index (χ0v) is 21.0. The number of aromatic amines is 1. The molecule has 1 aliphatic rings. The Kier molecular flexibility index (Phi) is 6.01. The Morgan fingerprint density at radius 1 is 1.15 bits per heavy atom. The number of aromatic nitrogens is 4. The third-order valence-corrected chi connectivity index (χ3v) is 7.00. The highest BCUT2D eigenvalue weighted by Crippen LogP contribution is 2.40. The number of alkyl halides is 3. The van der Waals surface area contributed by atoms with E-state index in [0.717, 1.165) is 0 Å². The van der Waals surface area contributed by atoms with Crippen molar-refractivity contribution >= 4 is 28.5 Å². The zero-order valence-electron chi connectivity index (χ0n) is 21.0. The summed E-state index contributed by atoms with van der Waals surface area (Å²) >= 11 is 0. The number of carboxylic acids is 1. The van der Waals surface area contributed by atoms with Crippen molar-refractivity contribution in [2.75, 3.05) is 25.1 Å². The lowest BCUT2D eigenvalue weighted by Gasteiger charge is -2.32. The van der Waals surface area contributed by atoms with Crippen LogP contribution < -0.4 is 15.2 Å². The van der Waals surface area contributed by atoms with Crippen molar-refractivity contribution in [3.05, 3.63) is 64.6 Å². The summed E-state index contributed by atoms with van der Waals surface area (Å²) in [6.45, 7) is 0.381. The number of aliphatic carboxylic acids is 1. The van der Waals surface area contributed by atoms with Crippen LogP contribution in [0.4, 0.5) is 19.0 Å². The van der Waals surface area contributed by atoms with Crippen LogP contribution in [0.5, 0.6) is 5.75 Å². The molecule has 1 saturated heterocycles. The maximum absolute atomic E-state index is 14.2. The van der Waals surface area contributed by atoms with Crippen LogP contribution in [-0.2, 0) is 11.0 Å². The lowest BCUT2D eigenvalue weighted by atomic mass is 9.98. The molecule has 0 bridgehead atoms. The Morgan fingerprint density at radius 3 is 2.62 bits per heavy atom. The third kappa shape index (κ3) is 4.14. The van der Waals surface area contributed by atoms with Gasteiger partial charge in [-0.1, -0.05) is 36.4 Å². The maximum atomic E-state index is 14.2. The summed E-state index contributed by atoms with van der Waals surface area (Å²) in [5, 5.41) is 13.4. The summed E-state index contributed by atoms with van der Waals surface area (Å²) in [6.07, 6.45) is -3.96. The van der Waals surface area contributed by atoms with E-state index in [2.05, 4.69) is 15.1 Å².